The van der Waals surface area contributed by atoms with Crippen molar-refractivity contribution in [1.82, 2.24) is 10.9 Å². The number of aliphatic hydroxyl groups is 1. The van der Waals surface area contributed by atoms with E-state index in [1.165, 1.54) is 5.56 Å². The lowest BCUT2D eigenvalue weighted by atomic mass is 9.82. The predicted octanol–water partition coefficient (Wildman–Crippen LogP) is 6.90. The van der Waals surface area contributed by atoms with Gasteiger partial charge in [0, 0.05) is 47.2 Å². The molecule has 0 saturated carbocycles. The van der Waals surface area contributed by atoms with Crippen molar-refractivity contribution in [3.05, 3.63) is 135 Å². The maximum Gasteiger partial charge on any atom is 0.266 e. The second kappa shape index (κ2) is 15.9. The van der Waals surface area contributed by atoms with E-state index >= 15 is 0 Å². The number of aliphatic hydroxyl groups excluding tert-OH is 1. The number of benzene rings is 4. The molecular weight excluding hydrogens is 609 g/mol. The van der Waals surface area contributed by atoms with Gasteiger partial charge in [-0.15, -0.1) is 0 Å². The van der Waals surface area contributed by atoms with E-state index in [0.29, 0.717) is 52.4 Å². The van der Waals surface area contributed by atoms with Crippen LogP contribution < -0.4 is 15.6 Å². The molecule has 0 saturated heterocycles. The van der Waals surface area contributed by atoms with Gasteiger partial charge in [0.2, 0.25) is 5.90 Å². The first-order valence-electron chi connectivity index (χ1n) is 15.2. The number of ether oxygens (including phenoxy) is 2. The van der Waals surface area contributed by atoms with Gasteiger partial charge in [0.25, 0.3) is 5.91 Å². The minimum absolute atomic E-state index is 0.0610. The first-order valence-corrected chi connectivity index (χ1v) is 15.9. The van der Waals surface area contributed by atoms with Gasteiger partial charge in [-0.25, -0.2) is 10.4 Å². The predicted molar refractivity (Wildman–Crippen MR) is 179 cm³/mol. The standard InChI is InChI=1S/C36H37Cl2N3O4/c37-29-17-20-31(32(38)24-29)33-36(25-27-13-5-2-6-14-27,35(43)41-39-21-8-7-12-26-10-3-1-4-11-26)40-34(45-33)28-15-18-30(19-16-28)44-23-9-22-42/h1-6,10-11,13-20,24,33,39,42H,7-9,12,21-23,25H2,(H,41,43)/t33-,36-/m0/s1. The molecule has 1 aliphatic rings. The molecule has 0 aliphatic carbocycles. The molecule has 0 bridgehead atoms. The molecule has 3 N–H and O–H groups in total. The number of carbonyl (C=O) groups is 1. The summed E-state index contributed by atoms with van der Waals surface area (Å²) >= 11 is 13.0. The monoisotopic (exact) mass is 645 g/mol. The zero-order chi connectivity index (χ0) is 31.5. The quantitative estimate of drug-likeness (QED) is 0.0966. The highest BCUT2D eigenvalue weighted by atomic mass is 35.5. The number of unbranched alkanes of at least 4 members (excludes halogenated alkanes) is 1. The van der Waals surface area contributed by atoms with Crippen LogP contribution in [-0.2, 0) is 22.4 Å². The molecule has 0 unspecified atom stereocenters. The minimum atomic E-state index is -1.39. The fourth-order valence-corrected chi connectivity index (χ4v) is 5.83. The van der Waals surface area contributed by atoms with Gasteiger partial charge in [-0.05, 0) is 66.8 Å². The van der Waals surface area contributed by atoms with Gasteiger partial charge in [0.15, 0.2) is 11.6 Å². The Kier molecular flexibility index (Phi) is 11.5. The summed E-state index contributed by atoms with van der Waals surface area (Å²) in [6, 6.07) is 32.6. The summed E-state index contributed by atoms with van der Waals surface area (Å²) in [5.41, 5.74) is 8.20. The third-order valence-electron chi connectivity index (χ3n) is 7.65. The lowest BCUT2D eigenvalue weighted by Crippen LogP contribution is -2.54. The average molecular weight is 647 g/mol. The molecule has 45 heavy (non-hydrogen) atoms. The second-order valence-corrected chi connectivity index (χ2v) is 11.8. The van der Waals surface area contributed by atoms with Crippen LogP contribution >= 0.6 is 23.2 Å². The van der Waals surface area contributed by atoms with Crippen LogP contribution in [0.4, 0.5) is 0 Å². The first-order chi connectivity index (χ1) is 22.0. The fraction of sp³-hybridized carbons (Fsp3) is 0.278. The van der Waals surface area contributed by atoms with E-state index in [4.69, 9.17) is 42.8 Å². The van der Waals surface area contributed by atoms with Crippen molar-refractivity contribution >= 4 is 35.0 Å². The number of amides is 1. The van der Waals surface area contributed by atoms with Gasteiger partial charge in [0.1, 0.15) is 5.75 Å². The van der Waals surface area contributed by atoms with Crippen molar-refractivity contribution in [3.63, 3.8) is 0 Å². The number of hydrogen-bond acceptors (Lipinski definition) is 6. The number of rotatable bonds is 15. The van der Waals surface area contributed by atoms with E-state index in [1.54, 1.807) is 18.2 Å². The molecule has 1 heterocycles. The number of hydrazine groups is 1. The van der Waals surface area contributed by atoms with Gasteiger partial charge >= 0.3 is 0 Å². The molecule has 0 fully saturated rings. The summed E-state index contributed by atoms with van der Waals surface area (Å²) in [7, 11) is 0. The molecule has 4 aromatic carbocycles. The number of hydrogen-bond donors (Lipinski definition) is 3. The molecule has 9 heteroatoms. The van der Waals surface area contributed by atoms with Crippen LogP contribution in [0.2, 0.25) is 10.0 Å². The van der Waals surface area contributed by atoms with Crippen molar-refractivity contribution in [2.75, 3.05) is 19.8 Å². The van der Waals surface area contributed by atoms with Gasteiger partial charge < -0.3 is 14.6 Å². The Morgan fingerprint density at radius 3 is 2.29 bits per heavy atom. The number of aryl methyl sites for hydroxylation is 1. The molecular formula is C36H37Cl2N3O4. The van der Waals surface area contributed by atoms with E-state index in [1.807, 2.05) is 72.8 Å². The normalized spacial score (nSPS) is 17.4. The van der Waals surface area contributed by atoms with Crippen LogP contribution in [0.5, 0.6) is 5.75 Å². The number of halogens is 2. The number of aliphatic imine (C=N–C) groups is 1. The Morgan fingerprint density at radius 2 is 1.60 bits per heavy atom. The topological polar surface area (TPSA) is 92.2 Å². The van der Waals surface area contributed by atoms with Gasteiger partial charge in [-0.1, -0.05) is 89.9 Å². The maximum absolute atomic E-state index is 14.3. The maximum atomic E-state index is 14.3. The van der Waals surface area contributed by atoms with Crippen LogP contribution in [0.15, 0.2) is 108 Å². The van der Waals surface area contributed by atoms with Crippen molar-refractivity contribution in [2.45, 2.75) is 43.7 Å². The molecule has 0 spiro atoms. The highest BCUT2D eigenvalue weighted by Gasteiger charge is 2.54. The second-order valence-electron chi connectivity index (χ2n) is 10.9. The summed E-state index contributed by atoms with van der Waals surface area (Å²) in [5, 5.41) is 9.92. The Hall–Kier alpha value is -3.88. The molecule has 0 radical (unpaired) electrons. The van der Waals surface area contributed by atoms with Crippen LogP contribution in [0, 0.1) is 0 Å². The van der Waals surface area contributed by atoms with E-state index in [2.05, 4.69) is 23.0 Å². The zero-order valence-corrected chi connectivity index (χ0v) is 26.4. The number of nitrogens with one attached hydrogen (secondary N) is 2. The summed E-state index contributed by atoms with van der Waals surface area (Å²) < 4.78 is 12.2. The smallest absolute Gasteiger partial charge is 0.266 e. The fourth-order valence-electron chi connectivity index (χ4n) is 5.32. The van der Waals surface area contributed by atoms with E-state index in [9.17, 15) is 4.79 Å². The average Bonchev–Trinajstić information content (AvgIpc) is 3.44. The molecule has 4 aromatic rings. The summed E-state index contributed by atoms with van der Waals surface area (Å²) in [6.45, 7) is 1.07. The Morgan fingerprint density at radius 1 is 0.889 bits per heavy atom. The van der Waals surface area contributed by atoms with E-state index in [-0.39, 0.29) is 18.9 Å². The van der Waals surface area contributed by atoms with Crippen molar-refractivity contribution in [1.29, 1.82) is 0 Å². The van der Waals surface area contributed by atoms with Crippen LogP contribution in [0.3, 0.4) is 0 Å². The Labute approximate surface area is 274 Å². The van der Waals surface area contributed by atoms with E-state index < -0.39 is 11.6 Å². The highest BCUT2D eigenvalue weighted by Crippen LogP contribution is 2.45. The molecule has 234 valence electrons. The van der Waals surface area contributed by atoms with Crippen LogP contribution in [0.25, 0.3) is 0 Å². The highest BCUT2D eigenvalue weighted by molar-refractivity contribution is 6.35. The lowest BCUT2D eigenvalue weighted by molar-refractivity contribution is -0.130. The molecule has 5 rings (SSSR count). The van der Waals surface area contributed by atoms with Crippen molar-refractivity contribution in [3.8, 4) is 5.75 Å². The number of nitrogens with zero attached hydrogens (tertiary/aromatic N) is 1. The summed E-state index contributed by atoms with van der Waals surface area (Å²) in [4.78, 5) is 19.3. The molecule has 7 nitrogen and oxygen atoms in total. The van der Waals surface area contributed by atoms with E-state index in [0.717, 1.165) is 24.8 Å². The number of carbonyl (C=O) groups excluding carboxylic acids is 1. The first kappa shape index (κ1) is 32.5. The largest absolute Gasteiger partial charge is 0.494 e. The lowest BCUT2D eigenvalue weighted by Gasteiger charge is -2.31. The van der Waals surface area contributed by atoms with Gasteiger partial charge in [-0.3, -0.25) is 10.2 Å². The van der Waals surface area contributed by atoms with Crippen molar-refractivity contribution < 1.29 is 19.4 Å². The Bertz CT molecular complexity index is 1570. The summed E-state index contributed by atoms with van der Waals surface area (Å²) in [5.74, 6) is 0.652. The zero-order valence-electron chi connectivity index (χ0n) is 24.9. The SMILES string of the molecule is O=C(NNCCCCc1ccccc1)[C@@]1(Cc2ccccc2)N=C(c2ccc(OCCCO)cc2)O[C@H]1c1ccc(Cl)cc1Cl. The van der Waals surface area contributed by atoms with Gasteiger partial charge in [0.05, 0.1) is 6.61 Å². The van der Waals surface area contributed by atoms with Crippen LogP contribution in [-0.4, -0.2) is 42.2 Å². The Balaban J connectivity index is 1.42. The minimum Gasteiger partial charge on any atom is -0.494 e. The van der Waals surface area contributed by atoms with Crippen LogP contribution in [0.1, 0.15) is 47.6 Å². The third-order valence-corrected chi connectivity index (χ3v) is 8.22. The molecule has 1 aliphatic heterocycles. The summed E-state index contributed by atoms with van der Waals surface area (Å²) in [6.07, 6.45) is 2.81. The van der Waals surface area contributed by atoms with Crippen molar-refractivity contribution in [2.24, 2.45) is 4.99 Å². The third kappa shape index (κ3) is 8.44. The molecule has 2 atom stereocenters. The molecule has 1 amide bonds. The molecule has 0 aromatic heterocycles. The van der Waals surface area contributed by atoms with Gasteiger partial charge in [-0.2, -0.15) is 0 Å².